The summed E-state index contributed by atoms with van der Waals surface area (Å²) < 4.78 is 11.0. The van der Waals surface area contributed by atoms with Gasteiger partial charge in [0.05, 0.1) is 17.7 Å². The normalized spacial score (nSPS) is 14.4. The third-order valence-corrected chi connectivity index (χ3v) is 6.18. The molecule has 0 bridgehead atoms. The third kappa shape index (κ3) is 5.73. The Morgan fingerprint density at radius 3 is 2.42 bits per heavy atom. The lowest BCUT2D eigenvalue weighted by molar-refractivity contribution is -0.115. The van der Waals surface area contributed by atoms with Crippen LogP contribution in [0.15, 0.2) is 47.0 Å². The zero-order chi connectivity index (χ0) is 23.4. The number of nitrogens with zero attached hydrogens (tertiary/aromatic N) is 3. The molecule has 0 saturated carbocycles. The molecule has 174 valence electrons. The molecule has 0 atom stereocenters. The van der Waals surface area contributed by atoms with Crippen molar-refractivity contribution in [2.75, 3.05) is 43.4 Å². The first-order chi connectivity index (χ1) is 15.9. The van der Waals surface area contributed by atoms with Gasteiger partial charge in [-0.2, -0.15) is 0 Å². The van der Waals surface area contributed by atoms with Crippen molar-refractivity contribution in [1.82, 2.24) is 10.1 Å². The van der Waals surface area contributed by atoms with Crippen molar-refractivity contribution in [3.63, 3.8) is 0 Å². The van der Waals surface area contributed by atoms with Gasteiger partial charge < -0.3 is 24.4 Å². The van der Waals surface area contributed by atoms with Gasteiger partial charge in [-0.05, 0) is 69.3 Å². The number of piperazine rings is 1. The molecule has 2 aromatic carbocycles. The predicted molar refractivity (Wildman–Crippen MR) is 130 cm³/mol. The maximum Gasteiger partial charge on any atom is 0.228 e. The Kier molecular flexibility index (Phi) is 6.99. The highest BCUT2D eigenvalue weighted by molar-refractivity contribution is 5.92. The monoisotopic (exact) mass is 448 g/mol. The quantitative estimate of drug-likeness (QED) is 0.587. The number of amides is 1. The van der Waals surface area contributed by atoms with Gasteiger partial charge in [0.2, 0.25) is 5.91 Å². The van der Waals surface area contributed by atoms with Crippen molar-refractivity contribution < 1.29 is 14.1 Å². The van der Waals surface area contributed by atoms with Gasteiger partial charge in [0, 0.05) is 37.6 Å². The summed E-state index contributed by atoms with van der Waals surface area (Å²) in [6.07, 6.45) is 0.309. The first-order valence-electron chi connectivity index (χ1n) is 11.4. The molecule has 7 nitrogen and oxygen atoms in total. The number of hydrogen-bond acceptors (Lipinski definition) is 6. The molecule has 1 aliphatic rings. The minimum absolute atomic E-state index is 0.0360. The Balaban J connectivity index is 1.30. The highest BCUT2D eigenvalue weighted by atomic mass is 16.5. The summed E-state index contributed by atoms with van der Waals surface area (Å²) in [6, 6.07) is 13.8. The molecule has 3 aromatic rings. The fourth-order valence-electron chi connectivity index (χ4n) is 4.09. The molecule has 1 amide bonds. The summed E-state index contributed by atoms with van der Waals surface area (Å²) in [5.74, 6) is 1.48. The molecule has 1 aromatic heterocycles. The average Bonchev–Trinajstić information content (AvgIpc) is 3.11. The molecule has 4 rings (SSSR count). The molecule has 0 unspecified atom stereocenters. The van der Waals surface area contributed by atoms with Crippen LogP contribution in [0.25, 0.3) is 0 Å². The van der Waals surface area contributed by atoms with Crippen LogP contribution >= 0.6 is 0 Å². The fourth-order valence-corrected chi connectivity index (χ4v) is 4.09. The standard InChI is InChI=1S/C26H32N4O3/c1-18-15-22(7-10-25(18)30-13-11-29(4)12-14-30)27-26(31)16-21-5-8-23(9-6-21)32-17-24-19(2)28-33-20(24)3/h5-10,15H,11-14,16-17H2,1-4H3,(H,27,31). The van der Waals surface area contributed by atoms with Gasteiger partial charge in [0.25, 0.3) is 0 Å². The molecular weight excluding hydrogens is 416 g/mol. The molecule has 1 fully saturated rings. The lowest BCUT2D eigenvalue weighted by Gasteiger charge is -2.35. The second kappa shape index (κ2) is 10.1. The number of ether oxygens (including phenoxy) is 1. The van der Waals surface area contributed by atoms with Crippen LogP contribution in [0.4, 0.5) is 11.4 Å². The number of hydrogen-bond donors (Lipinski definition) is 1. The van der Waals surface area contributed by atoms with Crippen LogP contribution in [0, 0.1) is 20.8 Å². The number of anilines is 2. The van der Waals surface area contributed by atoms with Gasteiger partial charge >= 0.3 is 0 Å². The summed E-state index contributed by atoms with van der Waals surface area (Å²) in [6.45, 7) is 10.5. The zero-order valence-electron chi connectivity index (χ0n) is 19.9. The number of carbonyl (C=O) groups is 1. The largest absolute Gasteiger partial charge is 0.489 e. The topological polar surface area (TPSA) is 70.8 Å². The second-order valence-corrected chi connectivity index (χ2v) is 8.75. The number of carbonyl (C=O) groups excluding carboxylic acids is 1. The van der Waals surface area contributed by atoms with Crippen molar-refractivity contribution >= 4 is 17.3 Å². The second-order valence-electron chi connectivity index (χ2n) is 8.75. The molecule has 33 heavy (non-hydrogen) atoms. The predicted octanol–water partition coefficient (Wildman–Crippen LogP) is 4.11. The van der Waals surface area contributed by atoms with Gasteiger partial charge in [-0.1, -0.05) is 17.3 Å². The Labute approximate surface area is 195 Å². The van der Waals surface area contributed by atoms with E-state index in [4.69, 9.17) is 9.26 Å². The highest BCUT2D eigenvalue weighted by Crippen LogP contribution is 2.25. The van der Waals surface area contributed by atoms with Gasteiger partial charge in [0.15, 0.2) is 0 Å². The van der Waals surface area contributed by atoms with Crippen molar-refractivity contribution in [2.45, 2.75) is 33.8 Å². The Morgan fingerprint density at radius 1 is 1.06 bits per heavy atom. The molecule has 2 heterocycles. The minimum Gasteiger partial charge on any atom is -0.489 e. The van der Waals surface area contributed by atoms with Gasteiger partial charge in [-0.15, -0.1) is 0 Å². The van der Waals surface area contributed by atoms with E-state index >= 15 is 0 Å². The molecule has 1 aliphatic heterocycles. The smallest absolute Gasteiger partial charge is 0.228 e. The van der Waals surface area contributed by atoms with Crippen LogP contribution in [0.3, 0.4) is 0 Å². The number of nitrogens with one attached hydrogen (secondary N) is 1. The van der Waals surface area contributed by atoms with Crippen LogP contribution < -0.4 is 15.0 Å². The maximum atomic E-state index is 12.6. The molecule has 0 radical (unpaired) electrons. The first-order valence-corrected chi connectivity index (χ1v) is 11.4. The summed E-state index contributed by atoms with van der Waals surface area (Å²) in [7, 11) is 2.16. The molecule has 0 spiro atoms. The zero-order valence-corrected chi connectivity index (χ0v) is 19.9. The average molecular weight is 449 g/mol. The third-order valence-electron chi connectivity index (χ3n) is 6.18. The van der Waals surface area contributed by atoms with Crippen LogP contribution in [-0.4, -0.2) is 49.2 Å². The van der Waals surface area contributed by atoms with E-state index < -0.39 is 0 Å². The number of rotatable bonds is 7. The number of aryl methyl sites for hydroxylation is 3. The maximum absolute atomic E-state index is 12.6. The van der Waals surface area contributed by atoms with Crippen LogP contribution in [0.5, 0.6) is 5.75 Å². The summed E-state index contributed by atoms with van der Waals surface area (Å²) in [4.78, 5) is 17.3. The highest BCUT2D eigenvalue weighted by Gasteiger charge is 2.16. The minimum atomic E-state index is -0.0360. The Morgan fingerprint density at radius 2 is 1.79 bits per heavy atom. The Bertz CT molecular complexity index is 1080. The van der Waals surface area contributed by atoms with E-state index in [0.29, 0.717) is 13.0 Å². The van der Waals surface area contributed by atoms with Crippen molar-refractivity contribution in [2.24, 2.45) is 0 Å². The molecule has 7 heteroatoms. The lowest BCUT2D eigenvalue weighted by atomic mass is 10.1. The van der Waals surface area contributed by atoms with E-state index in [1.165, 1.54) is 11.3 Å². The van der Waals surface area contributed by atoms with E-state index in [9.17, 15) is 4.79 Å². The summed E-state index contributed by atoms with van der Waals surface area (Å²) >= 11 is 0. The Hall–Kier alpha value is -3.32. The van der Waals surface area contributed by atoms with E-state index in [1.807, 2.05) is 44.2 Å². The fraction of sp³-hybridized carbons (Fsp3) is 0.385. The van der Waals surface area contributed by atoms with Gasteiger partial charge in [-0.25, -0.2) is 0 Å². The molecule has 1 N–H and O–H groups in total. The number of likely N-dealkylation sites (N-methyl/N-ethyl adjacent to an activating group) is 1. The van der Waals surface area contributed by atoms with E-state index in [1.54, 1.807) is 0 Å². The summed E-state index contributed by atoms with van der Waals surface area (Å²) in [5.41, 5.74) is 5.99. The van der Waals surface area contributed by atoms with E-state index in [0.717, 1.165) is 60.2 Å². The van der Waals surface area contributed by atoms with Crippen molar-refractivity contribution in [3.8, 4) is 5.75 Å². The molecule has 1 saturated heterocycles. The number of benzene rings is 2. The SMILES string of the molecule is Cc1cc(NC(=O)Cc2ccc(OCc3c(C)noc3C)cc2)ccc1N1CCN(C)CC1. The van der Waals surface area contributed by atoms with Gasteiger partial charge in [-0.3, -0.25) is 4.79 Å². The van der Waals surface area contributed by atoms with E-state index in [-0.39, 0.29) is 5.91 Å². The molecule has 0 aliphatic carbocycles. The molecular formula is C26H32N4O3. The van der Waals surface area contributed by atoms with Crippen LogP contribution in [0.1, 0.15) is 28.1 Å². The first kappa shape index (κ1) is 22.9. The van der Waals surface area contributed by atoms with Crippen molar-refractivity contribution in [1.29, 1.82) is 0 Å². The van der Waals surface area contributed by atoms with Crippen LogP contribution in [0.2, 0.25) is 0 Å². The van der Waals surface area contributed by atoms with Gasteiger partial charge in [0.1, 0.15) is 18.1 Å². The number of aromatic nitrogens is 1. The van der Waals surface area contributed by atoms with Crippen LogP contribution in [-0.2, 0) is 17.8 Å². The van der Waals surface area contributed by atoms with Crippen molar-refractivity contribution in [3.05, 3.63) is 70.6 Å². The lowest BCUT2D eigenvalue weighted by Crippen LogP contribution is -2.44. The summed E-state index contributed by atoms with van der Waals surface area (Å²) in [5, 5.41) is 6.97. The van der Waals surface area contributed by atoms with E-state index in [2.05, 4.69) is 46.4 Å².